The molecule has 0 spiro atoms. The zero-order valence-corrected chi connectivity index (χ0v) is 18.3. The monoisotopic (exact) mass is 420 g/mol. The predicted octanol–water partition coefficient (Wildman–Crippen LogP) is 5.31. The van der Waals surface area contributed by atoms with E-state index in [-0.39, 0.29) is 17.4 Å². The summed E-state index contributed by atoms with van der Waals surface area (Å²) >= 11 is 1.43. The minimum Gasteiger partial charge on any atom is -0.338 e. The summed E-state index contributed by atoms with van der Waals surface area (Å²) in [5.41, 5.74) is 2.55. The molecule has 0 aliphatic heterocycles. The van der Waals surface area contributed by atoms with Gasteiger partial charge in [0.15, 0.2) is 11.0 Å². The van der Waals surface area contributed by atoms with E-state index in [1.54, 1.807) is 4.57 Å². The number of hydrogen-bond acceptors (Lipinski definition) is 6. The predicted molar refractivity (Wildman–Crippen MR) is 119 cm³/mol. The van der Waals surface area contributed by atoms with E-state index < -0.39 is 0 Å². The van der Waals surface area contributed by atoms with Crippen LogP contribution in [0.1, 0.15) is 56.8 Å². The molecule has 7 heteroatoms. The second-order valence-corrected chi connectivity index (χ2v) is 8.70. The molecule has 30 heavy (non-hydrogen) atoms. The summed E-state index contributed by atoms with van der Waals surface area (Å²) in [6, 6.07) is 15.4. The van der Waals surface area contributed by atoms with Gasteiger partial charge < -0.3 is 4.52 Å². The topological polar surface area (TPSA) is 73.8 Å². The highest BCUT2D eigenvalue weighted by Crippen LogP contribution is 2.28. The first-order valence-electron chi connectivity index (χ1n) is 10.0. The molecular weight excluding hydrogens is 396 g/mol. The third-order valence-electron chi connectivity index (χ3n) is 4.87. The van der Waals surface area contributed by atoms with Gasteiger partial charge in [0.25, 0.3) is 5.56 Å². The van der Waals surface area contributed by atoms with Crippen LogP contribution in [0, 0.1) is 0 Å². The molecule has 6 nitrogen and oxygen atoms in total. The average Bonchev–Trinajstić information content (AvgIpc) is 3.22. The van der Waals surface area contributed by atoms with Gasteiger partial charge in [0, 0.05) is 5.92 Å². The smallest absolute Gasteiger partial charge is 0.266 e. The van der Waals surface area contributed by atoms with Crippen LogP contribution in [0.2, 0.25) is 0 Å². The molecule has 0 aliphatic rings. The summed E-state index contributed by atoms with van der Waals surface area (Å²) < 4.78 is 7.09. The van der Waals surface area contributed by atoms with Crippen molar-refractivity contribution in [3.05, 3.63) is 76.2 Å². The van der Waals surface area contributed by atoms with E-state index in [2.05, 4.69) is 30.1 Å². The maximum absolute atomic E-state index is 13.5. The minimum absolute atomic E-state index is 0.0791. The Morgan fingerprint density at radius 3 is 2.43 bits per heavy atom. The third kappa shape index (κ3) is 3.89. The fourth-order valence-corrected chi connectivity index (χ4v) is 4.13. The van der Waals surface area contributed by atoms with Crippen LogP contribution in [0.5, 0.6) is 0 Å². The highest BCUT2D eigenvalue weighted by Gasteiger charge is 2.18. The highest BCUT2D eigenvalue weighted by atomic mass is 32.2. The number of rotatable bonds is 6. The van der Waals surface area contributed by atoms with Gasteiger partial charge in [-0.15, -0.1) is 0 Å². The molecule has 4 rings (SSSR count). The van der Waals surface area contributed by atoms with Gasteiger partial charge in [-0.25, -0.2) is 4.98 Å². The molecule has 2 aromatic heterocycles. The average molecular weight is 421 g/mol. The quantitative estimate of drug-likeness (QED) is 0.311. The fourth-order valence-electron chi connectivity index (χ4n) is 3.29. The van der Waals surface area contributed by atoms with Gasteiger partial charge in [-0.3, -0.25) is 9.36 Å². The third-order valence-corrected chi connectivity index (χ3v) is 5.79. The fraction of sp³-hybridized carbons (Fsp3) is 0.304. The van der Waals surface area contributed by atoms with Crippen molar-refractivity contribution in [2.24, 2.45) is 0 Å². The van der Waals surface area contributed by atoms with Gasteiger partial charge in [-0.1, -0.05) is 74.9 Å². The number of nitrogens with zero attached hydrogens (tertiary/aromatic N) is 4. The van der Waals surface area contributed by atoms with Crippen LogP contribution in [0.3, 0.4) is 0 Å². The summed E-state index contributed by atoms with van der Waals surface area (Å²) in [4.78, 5) is 22.7. The van der Waals surface area contributed by atoms with Crippen molar-refractivity contribution >= 4 is 22.7 Å². The maximum Gasteiger partial charge on any atom is 0.266 e. The van der Waals surface area contributed by atoms with Crippen molar-refractivity contribution in [3.8, 4) is 5.69 Å². The van der Waals surface area contributed by atoms with E-state index in [4.69, 9.17) is 9.51 Å². The van der Waals surface area contributed by atoms with Gasteiger partial charge in [-0.05, 0) is 29.7 Å². The zero-order chi connectivity index (χ0) is 21.3. The highest BCUT2D eigenvalue weighted by molar-refractivity contribution is 7.98. The number of benzene rings is 2. The molecule has 0 atom stereocenters. The lowest BCUT2D eigenvalue weighted by Gasteiger charge is -2.17. The Morgan fingerprint density at radius 2 is 1.70 bits per heavy atom. The Bertz CT molecular complexity index is 1240. The van der Waals surface area contributed by atoms with E-state index in [1.165, 1.54) is 11.8 Å². The van der Waals surface area contributed by atoms with Crippen LogP contribution in [-0.2, 0) is 5.75 Å². The molecule has 0 saturated carbocycles. The molecule has 2 heterocycles. The van der Waals surface area contributed by atoms with Crippen molar-refractivity contribution in [2.45, 2.75) is 50.4 Å². The van der Waals surface area contributed by atoms with E-state index in [9.17, 15) is 4.79 Å². The maximum atomic E-state index is 13.5. The molecule has 0 N–H and O–H groups in total. The summed E-state index contributed by atoms with van der Waals surface area (Å²) in [7, 11) is 0. The molecule has 2 aromatic carbocycles. The van der Waals surface area contributed by atoms with Gasteiger partial charge >= 0.3 is 0 Å². The number of hydrogen-bond donors (Lipinski definition) is 0. The molecule has 0 unspecified atom stereocenters. The molecule has 0 aliphatic carbocycles. The van der Waals surface area contributed by atoms with Crippen molar-refractivity contribution < 1.29 is 4.52 Å². The van der Waals surface area contributed by atoms with Crippen molar-refractivity contribution in [1.29, 1.82) is 0 Å². The number of para-hydroxylation sites is 2. The van der Waals surface area contributed by atoms with Crippen LogP contribution in [0.4, 0.5) is 0 Å². The van der Waals surface area contributed by atoms with Gasteiger partial charge in [0.1, 0.15) is 0 Å². The standard InChI is InChI=1S/C23H24N4O2S/c1-14(2)16-9-6-8-12-19(16)27-22(28)17-10-5-7-11-18(17)24-23(27)30-13-20-25-21(15(3)4)26-29-20/h5-12,14-15H,13H2,1-4H3. The second kappa shape index (κ2) is 8.44. The SMILES string of the molecule is CC(C)c1noc(CSc2nc3ccccc3c(=O)n2-c2ccccc2C(C)C)n1. The number of thioether (sulfide) groups is 1. The van der Waals surface area contributed by atoms with Crippen LogP contribution in [-0.4, -0.2) is 19.7 Å². The van der Waals surface area contributed by atoms with Gasteiger partial charge in [0.05, 0.1) is 22.3 Å². The number of aromatic nitrogens is 4. The summed E-state index contributed by atoms with van der Waals surface area (Å²) in [5, 5.41) is 5.23. The largest absolute Gasteiger partial charge is 0.338 e. The Kier molecular flexibility index (Phi) is 5.72. The van der Waals surface area contributed by atoms with Crippen molar-refractivity contribution in [3.63, 3.8) is 0 Å². The van der Waals surface area contributed by atoms with Crippen molar-refractivity contribution in [1.82, 2.24) is 19.7 Å². The molecule has 0 fully saturated rings. The Labute approximate surface area is 179 Å². The first kappa shape index (κ1) is 20.3. The van der Waals surface area contributed by atoms with Crippen LogP contribution in [0.25, 0.3) is 16.6 Å². The first-order chi connectivity index (χ1) is 14.5. The molecule has 0 bridgehead atoms. The summed E-state index contributed by atoms with van der Waals surface area (Å²) in [5.74, 6) is 2.10. The van der Waals surface area contributed by atoms with Crippen LogP contribution >= 0.6 is 11.8 Å². The molecule has 4 aromatic rings. The van der Waals surface area contributed by atoms with E-state index >= 15 is 0 Å². The normalized spacial score (nSPS) is 11.7. The Morgan fingerprint density at radius 1 is 0.967 bits per heavy atom. The van der Waals surface area contributed by atoms with Gasteiger partial charge in [-0.2, -0.15) is 4.98 Å². The minimum atomic E-state index is -0.0791. The molecule has 0 radical (unpaired) electrons. The molecular formula is C23H24N4O2S. The Balaban J connectivity index is 1.84. The summed E-state index contributed by atoms with van der Waals surface area (Å²) in [6.45, 7) is 8.29. The molecule has 154 valence electrons. The molecule has 0 amide bonds. The summed E-state index contributed by atoms with van der Waals surface area (Å²) in [6.07, 6.45) is 0. The molecule has 0 saturated heterocycles. The van der Waals surface area contributed by atoms with Crippen LogP contribution in [0.15, 0.2) is 63.0 Å². The lowest BCUT2D eigenvalue weighted by molar-refractivity contribution is 0.382. The van der Waals surface area contributed by atoms with E-state index in [0.29, 0.717) is 33.5 Å². The lowest BCUT2D eigenvalue weighted by Crippen LogP contribution is -2.23. The van der Waals surface area contributed by atoms with Crippen molar-refractivity contribution in [2.75, 3.05) is 0 Å². The van der Waals surface area contributed by atoms with E-state index in [0.717, 1.165) is 11.3 Å². The lowest BCUT2D eigenvalue weighted by atomic mass is 10.0. The second-order valence-electron chi connectivity index (χ2n) is 7.76. The van der Waals surface area contributed by atoms with Gasteiger partial charge in [0.2, 0.25) is 5.89 Å². The zero-order valence-electron chi connectivity index (χ0n) is 17.5. The van der Waals surface area contributed by atoms with Crippen LogP contribution < -0.4 is 5.56 Å². The number of fused-ring (bicyclic) bond motifs is 1. The Hall–Kier alpha value is -2.93. The van der Waals surface area contributed by atoms with E-state index in [1.807, 2.05) is 56.3 Å². The first-order valence-corrected chi connectivity index (χ1v) is 11.0.